The molecule has 6 heteroatoms. The predicted octanol–water partition coefficient (Wildman–Crippen LogP) is 0.461. The van der Waals surface area contributed by atoms with Gasteiger partial charge < -0.3 is 9.84 Å². The van der Waals surface area contributed by atoms with Gasteiger partial charge in [0, 0.05) is 12.8 Å². The highest BCUT2D eigenvalue weighted by atomic mass is 16.5. The zero-order valence-corrected chi connectivity index (χ0v) is 11.1. The molecule has 1 aliphatic heterocycles. The highest BCUT2D eigenvalue weighted by molar-refractivity contribution is 5.09. The molecule has 96 valence electrons. The summed E-state index contributed by atoms with van der Waals surface area (Å²) in [5.41, 5.74) is -1.91. The summed E-state index contributed by atoms with van der Waals surface area (Å²) < 4.78 is 5.90. The van der Waals surface area contributed by atoms with Gasteiger partial charge in [-0.05, 0) is 32.9 Å². The molecule has 0 aromatic carbocycles. The summed E-state index contributed by atoms with van der Waals surface area (Å²) in [7, 11) is 1.71. The molecular formula is C11H20N4O2. The molecule has 0 spiro atoms. The van der Waals surface area contributed by atoms with Crippen LogP contribution >= 0.6 is 0 Å². The molecule has 0 saturated carbocycles. The molecule has 17 heavy (non-hydrogen) atoms. The maximum Gasteiger partial charge on any atom is 0.177 e. The van der Waals surface area contributed by atoms with E-state index in [-0.39, 0.29) is 5.60 Å². The second kappa shape index (κ2) is 3.49. The summed E-state index contributed by atoms with van der Waals surface area (Å²) in [6, 6.07) is 0. The van der Waals surface area contributed by atoms with Gasteiger partial charge in [0.1, 0.15) is 5.60 Å². The molecular weight excluding hydrogens is 220 g/mol. The topological polar surface area (TPSA) is 73.1 Å². The Balaban J connectivity index is 2.24. The SMILES string of the molecule is Cn1nnc(CC2(O)CC(C)(C)OC2(C)C)n1. The Morgan fingerprint density at radius 2 is 2.00 bits per heavy atom. The fourth-order valence-electron chi connectivity index (χ4n) is 2.67. The Bertz CT molecular complexity index is 427. The van der Waals surface area contributed by atoms with E-state index in [4.69, 9.17) is 4.74 Å². The van der Waals surface area contributed by atoms with Crippen molar-refractivity contribution in [2.45, 2.75) is 57.3 Å². The van der Waals surface area contributed by atoms with E-state index in [9.17, 15) is 5.11 Å². The lowest BCUT2D eigenvalue weighted by Gasteiger charge is -2.34. The zero-order valence-electron chi connectivity index (χ0n) is 11.1. The van der Waals surface area contributed by atoms with Crippen LogP contribution in [-0.4, -0.2) is 42.1 Å². The normalized spacial score (nSPS) is 30.7. The van der Waals surface area contributed by atoms with Gasteiger partial charge in [-0.2, -0.15) is 4.80 Å². The van der Waals surface area contributed by atoms with Gasteiger partial charge in [-0.3, -0.25) is 0 Å². The van der Waals surface area contributed by atoms with Crippen molar-refractivity contribution in [1.82, 2.24) is 20.2 Å². The molecule has 1 saturated heterocycles. The second-order valence-electron chi connectivity index (χ2n) is 5.95. The average molecular weight is 240 g/mol. The third kappa shape index (κ3) is 2.19. The molecule has 2 heterocycles. The molecule has 1 aliphatic rings. The Morgan fingerprint density at radius 1 is 1.35 bits per heavy atom. The van der Waals surface area contributed by atoms with Crippen LogP contribution in [0.25, 0.3) is 0 Å². The zero-order chi connectivity index (χ0) is 12.9. The van der Waals surface area contributed by atoms with E-state index in [0.29, 0.717) is 18.7 Å². The Labute approximate surface area is 101 Å². The van der Waals surface area contributed by atoms with Crippen molar-refractivity contribution >= 4 is 0 Å². The standard InChI is InChI=1S/C11H20N4O2/c1-9(2)7-11(16,10(3,4)17-9)6-8-12-14-15(5)13-8/h16H,6-7H2,1-5H3. The van der Waals surface area contributed by atoms with Crippen LogP contribution in [0.2, 0.25) is 0 Å². The van der Waals surface area contributed by atoms with Crippen LogP contribution in [0.4, 0.5) is 0 Å². The van der Waals surface area contributed by atoms with Crippen LogP contribution in [0, 0.1) is 0 Å². The third-order valence-corrected chi connectivity index (χ3v) is 3.37. The quantitative estimate of drug-likeness (QED) is 0.813. The van der Waals surface area contributed by atoms with Crippen LogP contribution in [0.3, 0.4) is 0 Å². The van der Waals surface area contributed by atoms with Crippen LogP contribution in [0.15, 0.2) is 0 Å². The lowest BCUT2D eigenvalue weighted by atomic mass is 9.80. The first kappa shape index (κ1) is 12.4. The molecule has 1 aromatic rings. The molecule has 6 nitrogen and oxygen atoms in total. The van der Waals surface area contributed by atoms with Gasteiger partial charge in [0.25, 0.3) is 0 Å². The Morgan fingerprint density at radius 3 is 2.41 bits per heavy atom. The van der Waals surface area contributed by atoms with Crippen molar-refractivity contribution in [3.63, 3.8) is 0 Å². The second-order valence-corrected chi connectivity index (χ2v) is 5.95. The van der Waals surface area contributed by atoms with Crippen molar-refractivity contribution < 1.29 is 9.84 Å². The van der Waals surface area contributed by atoms with Crippen LogP contribution in [0.1, 0.15) is 39.9 Å². The lowest BCUT2D eigenvalue weighted by molar-refractivity contribution is -0.126. The lowest BCUT2D eigenvalue weighted by Crippen LogP contribution is -2.48. The van der Waals surface area contributed by atoms with E-state index in [1.165, 1.54) is 4.80 Å². The maximum atomic E-state index is 10.8. The summed E-state index contributed by atoms with van der Waals surface area (Å²) in [5.74, 6) is 0.546. The van der Waals surface area contributed by atoms with Gasteiger partial charge in [0.2, 0.25) is 0 Å². The molecule has 1 aromatic heterocycles. The summed E-state index contributed by atoms with van der Waals surface area (Å²) in [4.78, 5) is 1.40. The van der Waals surface area contributed by atoms with Gasteiger partial charge in [-0.15, -0.1) is 10.2 Å². The number of hydrogen-bond acceptors (Lipinski definition) is 5. The molecule has 0 amide bonds. The number of nitrogens with zero attached hydrogens (tertiary/aromatic N) is 4. The maximum absolute atomic E-state index is 10.8. The first-order valence-electron chi connectivity index (χ1n) is 5.79. The minimum Gasteiger partial charge on any atom is -0.386 e. The molecule has 0 radical (unpaired) electrons. The Kier molecular flexibility index (Phi) is 2.56. The van der Waals surface area contributed by atoms with Crippen molar-refractivity contribution in [1.29, 1.82) is 0 Å². The van der Waals surface area contributed by atoms with Gasteiger partial charge >= 0.3 is 0 Å². The van der Waals surface area contributed by atoms with Crippen LogP contribution in [-0.2, 0) is 18.2 Å². The number of tetrazole rings is 1. The number of ether oxygens (including phenoxy) is 1. The molecule has 2 rings (SSSR count). The van der Waals surface area contributed by atoms with E-state index >= 15 is 0 Å². The largest absolute Gasteiger partial charge is 0.386 e. The number of aromatic nitrogens is 4. The number of hydrogen-bond donors (Lipinski definition) is 1. The van der Waals surface area contributed by atoms with Crippen molar-refractivity contribution in [2.24, 2.45) is 7.05 Å². The molecule has 1 atom stereocenters. The summed E-state index contributed by atoms with van der Waals surface area (Å²) >= 11 is 0. The average Bonchev–Trinajstić information content (AvgIpc) is 2.52. The van der Waals surface area contributed by atoms with E-state index < -0.39 is 11.2 Å². The molecule has 0 bridgehead atoms. The van der Waals surface area contributed by atoms with E-state index in [0.717, 1.165) is 0 Å². The minimum atomic E-state index is -0.959. The van der Waals surface area contributed by atoms with Crippen LogP contribution in [0.5, 0.6) is 0 Å². The Hall–Kier alpha value is -1.01. The highest BCUT2D eigenvalue weighted by Gasteiger charge is 2.56. The smallest absolute Gasteiger partial charge is 0.177 e. The summed E-state index contributed by atoms with van der Waals surface area (Å²) in [5, 5.41) is 22.6. The molecule has 1 unspecified atom stereocenters. The summed E-state index contributed by atoms with van der Waals surface area (Å²) in [6.45, 7) is 7.77. The van der Waals surface area contributed by atoms with Crippen molar-refractivity contribution in [3.05, 3.63) is 5.82 Å². The molecule has 0 aliphatic carbocycles. The van der Waals surface area contributed by atoms with Crippen molar-refractivity contribution in [3.8, 4) is 0 Å². The van der Waals surface area contributed by atoms with Gasteiger partial charge in [0.05, 0.1) is 18.2 Å². The van der Waals surface area contributed by atoms with Gasteiger partial charge in [-0.1, -0.05) is 0 Å². The predicted molar refractivity (Wildman–Crippen MR) is 61.3 cm³/mol. The fourth-order valence-corrected chi connectivity index (χ4v) is 2.67. The van der Waals surface area contributed by atoms with E-state index in [1.807, 2.05) is 27.7 Å². The first-order chi connectivity index (χ1) is 7.64. The summed E-state index contributed by atoms with van der Waals surface area (Å²) in [6.07, 6.45) is 0.919. The van der Waals surface area contributed by atoms with Gasteiger partial charge in [-0.25, -0.2) is 0 Å². The minimum absolute atomic E-state index is 0.333. The number of rotatable bonds is 2. The molecule has 1 N–H and O–H groups in total. The van der Waals surface area contributed by atoms with E-state index in [2.05, 4.69) is 15.4 Å². The highest BCUT2D eigenvalue weighted by Crippen LogP contribution is 2.46. The van der Waals surface area contributed by atoms with Gasteiger partial charge in [0.15, 0.2) is 5.82 Å². The molecule has 1 fully saturated rings. The number of aryl methyl sites for hydroxylation is 1. The number of aliphatic hydroxyl groups is 1. The van der Waals surface area contributed by atoms with Crippen LogP contribution < -0.4 is 0 Å². The third-order valence-electron chi connectivity index (χ3n) is 3.37. The van der Waals surface area contributed by atoms with Crippen molar-refractivity contribution in [2.75, 3.05) is 0 Å². The monoisotopic (exact) mass is 240 g/mol. The van der Waals surface area contributed by atoms with E-state index in [1.54, 1.807) is 7.05 Å². The first-order valence-corrected chi connectivity index (χ1v) is 5.79. The fraction of sp³-hybridized carbons (Fsp3) is 0.909.